The molecule has 0 bridgehead atoms. The monoisotopic (exact) mass is 587 g/mol. The highest BCUT2D eigenvalue weighted by atomic mass is 32.2. The Morgan fingerprint density at radius 3 is 2.33 bits per heavy atom. The number of amides is 1. The van der Waals surface area contributed by atoms with E-state index in [1.54, 1.807) is 39.3 Å². The van der Waals surface area contributed by atoms with Gasteiger partial charge in [0.25, 0.3) is 0 Å². The van der Waals surface area contributed by atoms with Gasteiger partial charge in [-0.2, -0.15) is 0 Å². The number of hydrogen-bond donors (Lipinski definition) is 1. The van der Waals surface area contributed by atoms with Crippen LogP contribution in [0.2, 0.25) is 0 Å². The van der Waals surface area contributed by atoms with Crippen molar-refractivity contribution in [3.63, 3.8) is 0 Å². The summed E-state index contributed by atoms with van der Waals surface area (Å²) in [7, 11) is 3.12. The predicted molar refractivity (Wildman–Crippen MR) is 160 cm³/mol. The van der Waals surface area contributed by atoms with Gasteiger partial charge in [-0.1, -0.05) is 54.2 Å². The number of fused-ring (bicyclic) bond motifs is 1. The zero-order chi connectivity index (χ0) is 29.6. The van der Waals surface area contributed by atoms with Crippen LogP contribution < -0.4 is 14.8 Å². The SMILES string of the molecule is CCOC(=O)C1=C(c2ccccc2)N=C2SC=C(CC(=O)NCc3ccc(F)cc3)N2C1c1cc(OC)cc(OC)c1. The highest BCUT2D eigenvalue weighted by Crippen LogP contribution is 2.48. The summed E-state index contributed by atoms with van der Waals surface area (Å²) in [4.78, 5) is 33.6. The topological polar surface area (TPSA) is 89.5 Å². The maximum absolute atomic E-state index is 13.7. The molecule has 1 amide bonds. The second kappa shape index (κ2) is 12.9. The van der Waals surface area contributed by atoms with Gasteiger partial charge in [0.1, 0.15) is 17.3 Å². The summed E-state index contributed by atoms with van der Waals surface area (Å²) in [5, 5.41) is 5.39. The zero-order valence-electron chi connectivity index (χ0n) is 23.4. The number of carbonyl (C=O) groups is 2. The molecule has 0 radical (unpaired) electrons. The molecule has 0 spiro atoms. The number of nitrogens with zero attached hydrogens (tertiary/aromatic N) is 2. The predicted octanol–water partition coefficient (Wildman–Crippen LogP) is 5.82. The molecule has 8 nitrogen and oxygen atoms in total. The van der Waals surface area contributed by atoms with Crippen LogP contribution in [0, 0.1) is 5.82 Å². The molecule has 2 heterocycles. The van der Waals surface area contributed by atoms with E-state index < -0.39 is 12.0 Å². The Balaban J connectivity index is 1.56. The smallest absolute Gasteiger partial charge is 0.338 e. The first-order chi connectivity index (χ1) is 20.4. The van der Waals surface area contributed by atoms with Crippen LogP contribution in [-0.4, -0.2) is 42.8 Å². The largest absolute Gasteiger partial charge is 0.497 e. The van der Waals surface area contributed by atoms with E-state index in [1.165, 1.54) is 23.9 Å². The van der Waals surface area contributed by atoms with Crippen molar-refractivity contribution < 1.29 is 28.2 Å². The maximum atomic E-state index is 13.7. The summed E-state index contributed by atoms with van der Waals surface area (Å²) in [6.07, 6.45) is 0.0294. The van der Waals surface area contributed by atoms with E-state index in [0.29, 0.717) is 39.2 Å². The summed E-state index contributed by atoms with van der Waals surface area (Å²) >= 11 is 1.38. The lowest BCUT2D eigenvalue weighted by molar-refractivity contribution is -0.139. The van der Waals surface area contributed by atoms with E-state index in [-0.39, 0.29) is 31.3 Å². The lowest BCUT2D eigenvalue weighted by Gasteiger charge is -2.37. The molecule has 10 heteroatoms. The molecule has 1 atom stereocenters. The molecule has 5 rings (SSSR count). The van der Waals surface area contributed by atoms with Gasteiger partial charge in [-0.05, 0) is 47.7 Å². The average Bonchev–Trinajstić information content (AvgIpc) is 3.42. The molecule has 0 saturated carbocycles. The van der Waals surface area contributed by atoms with Crippen LogP contribution in [0.1, 0.15) is 36.1 Å². The van der Waals surface area contributed by atoms with Crippen LogP contribution in [0.4, 0.5) is 4.39 Å². The Morgan fingerprint density at radius 1 is 1.00 bits per heavy atom. The van der Waals surface area contributed by atoms with Crippen molar-refractivity contribution in [2.24, 2.45) is 4.99 Å². The number of ether oxygens (including phenoxy) is 3. The van der Waals surface area contributed by atoms with Crippen molar-refractivity contribution >= 4 is 34.5 Å². The van der Waals surface area contributed by atoms with E-state index >= 15 is 0 Å². The number of rotatable bonds is 10. The molecule has 0 fully saturated rings. The van der Waals surface area contributed by atoms with Gasteiger partial charge < -0.3 is 24.4 Å². The second-order valence-corrected chi connectivity index (χ2v) is 10.3. The van der Waals surface area contributed by atoms with Crippen molar-refractivity contribution in [3.05, 3.63) is 112 Å². The summed E-state index contributed by atoms with van der Waals surface area (Å²) in [6.45, 7) is 2.19. The van der Waals surface area contributed by atoms with E-state index in [1.807, 2.05) is 52.8 Å². The van der Waals surface area contributed by atoms with Gasteiger partial charge in [-0.15, -0.1) is 0 Å². The summed E-state index contributed by atoms with van der Waals surface area (Å²) in [6, 6.07) is 20.2. The van der Waals surface area contributed by atoms with Crippen LogP contribution in [-0.2, 0) is 20.9 Å². The standard InChI is InChI=1S/C32H30FN3O5S/c1-4-41-31(38)28-29(21-8-6-5-7-9-21)35-32-36(30(28)22-14-25(39-2)17-26(15-22)40-3)24(19-42-32)16-27(37)34-18-20-10-12-23(33)13-11-20/h5-15,17,19,30H,4,16,18H2,1-3H3,(H,34,37). The van der Waals surface area contributed by atoms with Crippen molar-refractivity contribution in [1.82, 2.24) is 10.2 Å². The highest BCUT2D eigenvalue weighted by molar-refractivity contribution is 8.16. The third-order valence-electron chi connectivity index (χ3n) is 6.79. The first-order valence-corrected chi connectivity index (χ1v) is 14.2. The number of benzene rings is 3. The van der Waals surface area contributed by atoms with E-state index in [2.05, 4.69) is 5.32 Å². The van der Waals surface area contributed by atoms with Gasteiger partial charge in [-0.3, -0.25) is 4.79 Å². The lowest BCUT2D eigenvalue weighted by Crippen LogP contribution is -2.38. The maximum Gasteiger partial charge on any atom is 0.338 e. The van der Waals surface area contributed by atoms with Gasteiger partial charge in [0.15, 0.2) is 5.17 Å². The van der Waals surface area contributed by atoms with Crippen molar-refractivity contribution in [3.8, 4) is 11.5 Å². The fraction of sp³-hybridized carbons (Fsp3) is 0.219. The molecule has 216 valence electrons. The number of amidine groups is 1. The third-order valence-corrected chi connectivity index (χ3v) is 7.68. The van der Waals surface area contributed by atoms with Gasteiger partial charge in [0.2, 0.25) is 5.91 Å². The molecule has 1 N–H and O–H groups in total. The number of aliphatic imine (C=N–C) groups is 1. The van der Waals surface area contributed by atoms with Gasteiger partial charge >= 0.3 is 5.97 Å². The van der Waals surface area contributed by atoms with Gasteiger partial charge in [0, 0.05) is 23.9 Å². The number of halogens is 1. The number of hydrogen-bond acceptors (Lipinski definition) is 8. The van der Waals surface area contributed by atoms with Gasteiger partial charge in [0.05, 0.1) is 44.6 Å². The van der Waals surface area contributed by atoms with Crippen LogP contribution in [0.5, 0.6) is 11.5 Å². The summed E-state index contributed by atoms with van der Waals surface area (Å²) < 4.78 is 30.0. The molecule has 0 aromatic heterocycles. The molecule has 2 aliphatic heterocycles. The molecule has 0 saturated heterocycles. The normalized spacial score (nSPS) is 15.9. The molecule has 3 aromatic carbocycles. The first kappa shape index (κ1) is 28.9. The Hall–Kier alpha value is -4.57. The van der Waals surface area contributed by atoms with Crippen molar-refractivity contribution in [2.45, 2.75) is 25.9 Å². The molecular formula is C32H30FN3O5S. The second-order valence-electron chi connectivity index (χ2n) is 9.47. The Morgan fingerprint density at radius 2 is 1.69 bits per heavy atom. The number of esters is 1. The van der Waals surface area contributed by atoms with E-state index in [4.69, 9.17) is 19.2 Å². The molecule has 3 aromatic rings. The quantitative estimate of drug-likeness (QED) is 0.299. The Bertz CT molecular complexity index is 1550. The molecule has 1 unspecified atom stereocenters. The molecule has 0 aliphatic carbocycles. The number of nitrogens with one attached hydrogen (secondary N) is 1. The molecule has 42 heavy (non-hydrogen) atoms. The fourth-order valence-corrected chi connectivity index (χ4v) is 5.74. The number of methoxy groups -OCH3 is 2. The number of carbonyl (C=O) groups excluding carboxylic acids is 2. The lowest BCUT2D eigenvalue weighted by atomic mass is 9.91. The van der Waals surface area contributed by atoms with Crippen molar-refractivity contribution in [2.75, 3.05) is 20.8 Å². The number of thioether (sulfide) groups is 1. The Kier molecular flexibility index (Phi) is 8.92. The fourth-order valence-electron chi connectivity index (χ4n) is 4.82. The van der Waals surface area contributed by atoms with E-state index in [0.717, 1.165) is 11.1 Å². The first-order valence-electron chi connectivity index (χ1n) is 13.4. The third kappa shape index (κ3) is 6.18. The minimum atomic E-state index is -0.693. The van der Waals surface area contributed by atoms with Crippen molar-refractivity contribution in [1.29, 1.82) is 0 Å². The van der Waals surface area contributed by atoms with Gasteiger partial charge in [-0.25, -0.2) is 14.2 Å². The summed E-state index contributed by atoms with van der Waals surface area (Å²) in [5.74, 6) is 0.0168. The molecular weight excluding hydrogens is 557 g/mol. The minimum Gasteiger partial charge on any atom is -0.497 e. The van der Waals surface area contributed by atoms with E-state index in [9.17, 15) is 14.0 Å². The van der Waals surface area contributed by atoms with Crippen LogP contribution >= 0.6 is 11.8 Å². The average molecular weight is 588 g/mol. The molecule has 2 aliphatic rings. The van der Waals surface area contributed by atoms with Crippen LogP contribution in [0.25, 0.3) is 5.70 Å². The summed E-state index contributed by atoms with van der Waals surface area (Å²) in [5.41, 5.74) is 3.74. The minimum absolute atomic E-state index is 0.0294. The van der Waals surface area contributed by atoms with Crippen LogP contribution in [0.3, 0.4) is 0 Å². The zero-order valence-corrected chi connectivity index (χ0v) is 24.2. The Labute approximate surface area is 247 Å². The highest BCUT2D eigenvalue weighted by Gasteiger charge is 2.42. The van der Waals surface area contributed by atoms with Crippen LogP contribution in [0.15, 0.2) is 94.5 Å².